The highest BCUT2D eigenvalue weighted by Gasteiger charge is 2.44. The van der Waals surface area contributed by atoms with Gasteiger partial charge < -0.3 is 14.7 Å². The van der Waals surface area contributed by atoms with Crippen LogP contribution in [0.2, 0.25) is 0 Å². The molecular formula is C28H30N2O4S. The number of carbonyl (C=O) groups excluding carboxylic acids is 2. The first-order valence-corrected chi connectivity index (χ1v) is 12.3. The van der Waals surface area contributed by atoms with Crippen LogP contribution in [0.15, 0.2) is 59.9 Å². The van der Waals surface area contributed by atoms with Crippen LogP contribution in [0.5, 0.6) is 5.75 Å². The second-order valence-corrected chi connectivity index (χ2v) is 11.0. The Balaban J connectivity index is 1.79. The highest BCUT2D eigenvalue weighted by atomic mass is 32.1. The number of Topliss-reactive ketones (excluding diaryl/α,β-unsaturated/α-hetero) is 1. The van der Waals surface area contributed by atoms with Gasteiger partial charge in [0.05, 0.1) is 34.3 Å². The van der Waals surface area contributed by atoms with E-state index in [9.17, 15) is 14.7 Å². The second-order valence-electron chi connectivity index (χ2n) is 9.79. The summed E-state index contributed by atoms with van der Waals surface area (Å²) in [4.78, 5) is 33.4. The zero-order chi connectivity index (χ0) is 25.5. The predicted octanol–water partition coefficient (Wildman–Crippen LogP) is 5.84. The molecule has 2 heterocycles. The largest absolute Gasteiger partial charge is 0.503 e. The van der Waals surface area contributed by atoms with Gasteiger partial charge >= 0.3 is 0 Å². The van der Waals surface area contributed by atoms with E-state index < -0.39 is 17.7 Å². The lowest BCUT2D eigenvalue weighted by Crippen LogP contribution is -2.30. The lowest BCUT2D eigenvalue weighted by Gasteiger charge is -2.28. The number of aliphatic hydroxyl groups is 1. The van der Waals surface area contributed by atoms with Gasteiger partial charge in [-0.2, -0.15) is 0 Å². The highest BCUT2D eigenvalue weighted by molar-refractivity contribution is 7.14. The molecule has 1 N–H and O–H groups in total. The molecule has 1 unspecified atom stereocenters. The van der Waals surface area contributed by atoms with Crippen LogP contribution in [0, 0.1) is 13.8 Å². The Hall–Kier alpha value is -3.45. The van der Waals surface area contributed by atoms with E-state index in [4.69, 9.17) is 4.74 Å². The summed E-state index contributed by atoms with van der Waals surface area (Å²) in [6.45, 7) is 10.2. The first-order valence-electron chi connectivity index (χ1n) is 11.5. The maximum absolute atomic E-state index is 13.7. The average Bonchev–Trinajstić information content (AvgIpc) is 3.29. The predicted molar refractivity (Wildman–Crippen MR) is 137 cm³/mol. The third-order valence-electron chi connectivity index (χ3n) is 6.26. The van der Waals surface area contributed by atoms with Crippen LogP contribution in [-0.2, 0) is 16.8 Å². The Labute approximate surface area is 209 Å². The molecule has 7 heteroatoms. The smallest absolute Gasteiger partial charge is 0.290 e. The van der Waals surface area contributed by atoms with Crippen LogP contribution >= 0.6 is 11.3 Å². The van der Waals surface area contributed by atoms with Crippen molar-refractivity contribution in [2.45, 2.75) is 52.6 Å². The minimum atomic E-state index is -0.715. The van der Waals surface area contributed by atoms with Gasteiger partial charge in [-0.3, -0.25) is 9.59 Å². The topological polar surface area (TPSA) is 79.7 Å². The number of ether oxygens (including phenoxy) is 1. The summed E-state index contributed by atoms with van der Waals surface area (Å²) in [7, 11) is 1.60. The number of thiazole rings is 1. The molecule has 0 spiro atoms. The molecule has 6 nitrogen and oxygen atoms in total. The van der Waals surface area contributed by atoms with Crippen molar-refractivity contribution in [2.75, 3.05) is 7.11 Å². The Morgan fingerprint density at radius 2 is 1.71 bits per heavy atom. The van der Waals surface area contributed by atoms with Crippen LogP contribution < -0.4 is 4.74 Å². The zero-order valence-electron chi connectivity index (χ0n) is 20.9. The number of methoxy groups -OCH3 is 1. The number of aliphatic hydroxyl groups excluding tert-OH is 1. The number of benzene rings is 2. The molecule has 1 amide bonds. The minimum Gasteiger partial charge on any atom is -0.503 e. The number of aromatic nitrogens is 1. The van der Waals surface area contributed by atoms with Gasteiger partial charge in [0, 0.05) is 6.54 Å². The normalized spacial score (nSPS) is 16.2. The van der Waals surface area contributed by atoms with Crippen LogP contribution in [0.4, 0.5) is 0 Å². The molecule has 182 valence electrons. The van der Waals surface area contributed by atoms with Crippen molar-refractivity contribution in [1.82, 2.24) is 9.88 Å². The first kappa shape index (κ1) is 24.7. The summed E-state index contributed by atoms with van der Waals surface area (Å²) in [5.41, 5.74) is 3.43. The summed E-state index contributed by atoms with van der Waals surface area (Å²) >= 11 is 1.28. The number of carbonyl (C=O) groups is 2. The number of ketones is 1. The van der Waals surface area contributed by atoms with Gasteiger partial charge in [0.1, 0.15) is 5.75 Å². The second kappa shape index (κ2) is 9.30. The van der Waals surface area contributed by atoms with Gasteiger partial charge in [-0.25, -0.2) is 4.98 Å². The maximum Gasteiger partial charge on any atom is 0.290 e. The van der Waals surface area contributed by atoms with Crippen LogP contribution in [0.25, 0.3) is 0 Å². The Bertz CT molecular complexity index is 1300. The van der Waals surface area contributed by atoms with Crippen molar-refractivity contribution in [3.63, 3.8) is 0 Å². The fourth-order valence-electron chi connectivity index (χ4n) is 4.35. The quantitative estimate of drug-likeness (QED) is 0.439. The molecule has 3 aromatic rings. The molecule has 2 aromatic carbocycles. The third kappa shape index (κ3) is 4.73. The SMILES string of the molecule is COc1ccc(CN2C(=O)C(O)=C(C(=O)c3sc(C)nc3C)C2c2ccc(C(C)(C)C)cc2)cc1. The van der Waals surface area contributed by atoms with Crippen LogP contribution in [0.1, 0.15) is 63.9 Å². The molecule has 35 heavy (non-hydrogen) atoms. The Kier molecular flexibility index (Phi) is 6.56. The molecule has 0 saturated carbocycles. The Morgan fingerprint density at radius 3 is 2.23 bits per heavy atom. The summed E-state index contributed by atoms with van der Waals surface area (Å²) in [5, 5.41) is 11.7. The lowest BCUT2D eigenvalue weighted by molar-refractivity contribution is -0.130. The van der Waals surface area contributed by atoms with E-state index in [1.165, 1.54) is 11.3 Å². The van der Waals surface area contributed by atoms with Crippen LogP contribution in [-0.4, -0.2) is 33.8 Å². The monoisotopic (exact) mass is 490 g/mol. The minimum absolute atomic E-state index is 0.0410. The number of hydrogen-bond donors (Lipinski definition) is 1. The molecule has 1 atom stereocenters. The maximum atomic E-state index is 13.7. The van der Waals surface area contributed by atoms with E-state index >= 15 is 0 Å². The summed E-state index contributed by atoms with van der Waals surface area (Å²) in [6, 6.07) is 14.6. The van der Waals surface area contributed by atoms with E-state index in [-0.39, 0.29) is 23.3 Å². The number of rotatable bonds is 6. The van der Waals surface area contributed by atoms with Gasteiger partial charge in [0.2, 0.25) is 5.78 Å². The molecule has 0 saturated heterocycles. The molecule has 1 aromatic heterocycles. The molecule has 1 aliphatic rings. The molecule has 1 aliphatic heterocycles. The number of amides is 1. The van der Waals surface area contributed by atoms with Crippen molar-refractivity contribution < 1.29 is 19.4 Å². The number of nitrogens with zero attached hydrogens (tertiary/aromatic N) is 2. The van der Waals surface area contributed by atoms with Crippen molar-refractivity contribution in [3.8, 4) is 5.75 Å². The van der Waals surface area contributed by atoms with Crippen molar-refractivity contribution in [1.29, 1.82) is 0 Å². The summed E-state index contributed by atoms with van der Waals surface area (Å²) in [6.07, 6.45) is 0. The van der Waals surface area contributed by atoms with Gasteiger partial charge in [0.25, 0.3) is 5.91 Å². The van der Waals surface area contributed by atoms with Gasteiger partial charge in [-0.1, -0.05) is 57.2 Å². The number of aryl methyl sites for hydroxylation is 2. The fraction of sp³-hybridized carbons (Fsp3) is 0.321. The lowest BCUT2D eigenvalue weighted by atomic mass is 9.85. The summed E-state index contributed by atoms with van der Waals surface area (Å²) in [5.74, 6) is -0.711. The molecular weight excluding hydrogens is 460 g/mol. The van der Waals surface area contributed by atoms with E-state index in [1.54, 1.807) is 18.9 Å². The first-order chi connectivity index (χ1) is 16.5. The van der Waals surface area contributed by atoms with Gasteiger partial charge in [0.15, 0.2) is 5.76 Å². The average molecular weight is 491 g/mol. The molecule has 4 rings (SSSR count). The number of hydrogen-bond acceptors (Lipinski definition) is 6. The molecule has 0 fully saturated rings. The van der Waals surface area contributed by atoms with Crippen molar-refractivity contribution in [2.24, 2.45) is 0 Å². The zero-order valence-corrected chi connectivity index (χ0v) is 21.7. The fourth-order valence-corrected chi connectivity index (χ4v) is 5.23. The van der Waals surface area contributed by atoms with Crippen LogP contribution in [0.3, 0.4) is 0 Å². The van der Waals surface area contributed by atoms with Gasteiger partial charge in [-0.15, -0.1) is 11.3 Å². The highest BCUT2D eigenvalue weighted by Crippen LogP contribution is 2.41. The molecule has 0 bridgehead atoms. The van der Waals surface area contributed by atoms with E-state index in [1.807, 2.05) is 55.5 Å². The van der Waals surface area contributed by atoms with Crippen molar-refractivity contribution >= 4 is 23.0 Å². The standard InChI is InChI=1S/C28H30N2O4S/c1-16-26(35-17(2)29-16)24(31)22-23(19-9-11-20(12-10-19)28(3,4)5)30(27(33)25(22)32)15-18-7-13-21(34-6)14-8-18/h7-14,23,32H,15H2,1-6H3. The molecule has 0 radical (unpaired) electrons. The molecule has 0 aliphatic carbocycles. The third-order valence-corrected chi connectivity index (χ3v) is 7.33. The Morgan fingerprint density at radius 1 is 1.09 bits per heavy atom. The van der Waals surface area contributed by atoms with Gasteiger partial charge in [-0.05, 0) is 48.1 Å². The van der Waals surface area contributed by atoms with E-state index in [0.717, 1.165) is 21.7 Å². The van der Waals surface area contributed by atoms with Crippen molar-refractivity contribution in [3.05, 3.63) is 92.1 Å². The summed E-state index contributed by atoms with van der Waals surface area (Å²) < 4.78 is 5.24. The van der Waals surface area contributed by atoms with E-state index in [2.05, 4.69) is 25.8 Å². The van der Waals surface area contributed by atoms with E-state index in [0.29, 0.717) is 16.3 Å².